The second-order valence-corrected chi connectivity index (χ2v) is 6.51. The van der Waals surface area contributed by atoms with E-state index in [1.165, 1.54) is 38.8 Å². The van der Waals surface area contributed by atoms with Crippen LogP contribution in [-0.4, -0.2) is 87.5 Å². The van der Waals surface area contributed by atoms with Crippen LogP contribution in [0.15, 0.2) is 5.16 Å². The Balaban J connectivity index is 3.25. The van der Waals surface area contributed by atoms with Crippen LogP contribution in [0.5, 0.6) is 0 Å². The van der Waals surface area contributed by atoms with Gasteiger partial charge < -0.3 is 25.6 Å². The lowest BCUT2D eigenvalue weighted by atomic mass is 10.2. The minimum absolute atomic E-state index is 0.360. The lowest BCUT2D eigenvalue weighted by molar-refractivity contribution is -0.114. The Morgan fingerprint density at radius 2 is 1.54 bits per heavy atom. The maximum atomic E-state index is 11.0. The largest absolute Gasteiger partial charge is 0.411 e. The highest BCUT2D eigenvalue weighted by molar-refractivity contribution is 6.25. The van der Waals surface area contributed by atoms with E-state index in [1.807, 2.05) is 0 Å². The second kappa shape index (κ2) is 16.7. The molecular weight excluding hydrogens is 306 g/mol. The molecule has 0 spiro atoms. The first kappa shape index (κ1) is 22.8. The molecular formula is C17H37N5O2. The summed E-state index contributed by atoms with van der Waals surface area (Å²) >= 11 is 0. The van der Waals surface area contributed by atoms with E-state index in [9.17, 15) is 4.79 Å². The molecule has 0 radical (unpaired) electrons. The van der Waals surface area contributed by atoms with E-state index in [1.54, 1.807) is 0 Å². The number of nitrogens with one attached hydrogen (secondary N) is 2. The van der Waals surface area contributed by atoms with Crippen molar-refractivity contribution < 1.29 is 10.0 Å². The maximum Gasteiger partial charge on any atom is 0.265 e. The van der Waals surface area contributed by atoms with Gasteiger partial charge >= 0.3 is 0 Å². The molecule has 0 aromatic heterocycles. The fourth-order valence-electron chi connectivity index (χ4n) is 2.40. The van der Waals surface area contributed by atoms with E-state index in [0.29, 0.717) is 6.54 Å². The number of oxime groups is 1. The van der Waals surface area contributed by atoms with Crippen LogP contribution in [0.25, 0.3) is 0 Å². The first-order chi connectivity index (χ1) is 11.6. The fraction of sp³-hybridized carbons (Fsp3) is 0.882. The first-order valence-corrected chi connectivity index (χ1v) is 9.05. The van der Waals surface area contributed by atoms with Gasteiger partial charge in [0.05, 0.1) is 0 Å². The number of unbranched alkanes of at least 4 members (excludes halogenated alkanes) is 3. The minimum Gasteiger partial charge on any atom is -0.411 e. The molecule has 7 nitrogen and oxygen atoms in total. The molecule has 1 amide bonds. The molecule has 0 aromatic carbocycles. The van der Waals surface area contributed by atoms with Gasteiger partial charge in [-0.3, -0.25) is 4.79 Å². The van der Waals surface area contributed by atoms with Gasteiger partial charge in [-0.15, -0.1) is 0 Å². The molecule has 24 heavy (non-hydrogen) atoms. The molecule has 0 aliphatic heterocycles. The molecule has 142 valence electrons. The van der Waals surface area contributed by atoms with Crippen molar-refractivity contribution in [3.05, 3.63) is 0 Å². The van der Waals surface area contributed by atoms with Crippen LogP contribution < -0.4 is 10.6 Å². The number of amides is 1. The molecule has 0 rings (SSSR count). The molecule has 7 heteroatoms. The molecule has 0 atom stereocenters. The summed E-state index contributed by atoms with van der Waals surface area (Å²) in [6.45, 7) is 5.96. The lowest BCUT2D eigenvalue weighted by Gasteiger charge is -2.16. The van der Waals surface area contributed by atoms with E-state index < -0.39 is 0 Å². The Hall–Kier alpha value is -1.18. The van der Waals surface area contributed by atoms with Crippen molar-refractivity contribution in [2.45, 2.75) is 38.5 Å². The molecule has 0 aromatic rings. The summed E-state index contributed by atoms with van der Waals surface area (Å²) in [7, 11) is 6.45. The standard InChI is InChI=1S/C17H37N5O2/c1-21(2)13-6-4-5-7-14-22(3)15-9-11-18-10-8-12-19-17(23)16-20-24/h16,18,24H,4-15H2,1-3H3,(H,19,23)/b20-16-. The molecule has 3 N–H and O–H groups in total. The summed E-state index contributed by atoms with van der Waals surface area (Å²) in [6, 6.07) is 0. The minimum atomic E-state index is -0.360. The van der Waals surface area contributed by atoms with Gasteiger partial charge in [0.15, 0.2) is 0 Å². The predicted molar refractivity (Wildman–Crippen MR) is 99.9 cm³/mol. The molecule has 0 fully saturated rings. The lowest BCUT2D eigenvalue weighted by Crippen LogP contribution is -2.29. The third-order valence-corrected chi connectivity index (χ3v) is 3.79. The van der Waals surface area contributed by atoms with E-state index in [4.69, 9.17) is 5.21 Å². The second-order valence-electron chi connectivity index (χ2n) is 6.51. The zero-order valence-electron chi connectivity index (χ0n) is 15.8. The van der Waals surface area contributed by atoms with Crippen molar-refractivity contribution in [2.75, 3.05) is 60.4 Å². The van der Waals surface area contributed by atoms with Crippen LogP contribution in [0.1, 0.15) is 38.5 Å². The molecule has 0 aliphatic rings. The first-order valence-electron chi connectivity index (χ1n) is 9.05. The van der Waals surface area contributed by atoms with Crippen molar-refractivity contribution in [1.82, 2.24) is 20.4 Å². The summed E-state index contributed by atoms with van der Waals surface area (Å²) in [5.41, 5.74) is 0. The Labute approximate surface area is 147 Å². The Bertz CT molecular complexity index is 324. The highest BCUT2D eigenvalue weighted by Crippen LogP contribution is 2.02. The van der Waals surface area contributed by atoms with Crippen molar-refractivity contribution in [3.8, 4) is 0 Å². The zero-order valence-corrected chi connectivity index (χ0v) is 15.8. The molecule has 0 saturated carbocycles. The van der Waals surface area contributed by atoms with Crippen LogP contribution in [0, 0.1) is 0 Å². The van der Waals surface area contributed by atoms with E-state index in [-0.39, 0.29) is 5.91 Å². The van der Waals surface area contributed by atoms with Gasteiger partial charge in [0.2, 0.25) is 0 Å². The zero-order chi connectivity index (χ0) is 18.0. The SMILES string of the molecule is CN(C)CCCCCCN(C)CCCNCCCNC(=O)/C=N\O. The summed E-state index contributed by atoms with van der Waals surface area (Å²) in [5, 5.41) is 16.9. The highest BCUT2D eigenvalue weighted by atomic mass is 16.4. The molecule has 0 saturated heterocycles. The predicted octanol–water partition coefficient (Wildman–Crippen LogP) is 0.986. The van der Waals surface area contributed by atoms with Crippen molar-refractivity contribution in [2.24, 2.45) is 5.16 Å². The van der Waals surface area contributed by atoms with Gasteiger partial charge in [-0.2, -0.15) is 0 Å². The van der Waals surface area contributed by atoms with Gasteiger partial charge in [0.25, 0.3) is 5.91 Å². The van der Waals surface area contributed by atoms with Gasteiger partial charge in [-0.1, -0.05) is 18.0 Å². The topological polar surface area (TPSA) is 80.2 Å². The van der Waals surface area contributed by atoms with Crippen molar-refractivity contribution >= 4 is 12.1 Å². The monoisotopic (exact) mass is 343 g/mol. The summed E-state index contributed by atoms with van der Waals surface area (Å²) < 4.78 is 0. The average molecular weight is 344 g/mol. The molecule has 0 heterocycles. The third kappa shape index (κ3) is 17.2. The van der Waals surface area contributed by atoms with Gasteiger partial charge in [0.1, 0.15) is 6.21 Å². The Kier molecular flexibility index (Phi) is 15.9. The van der Waals surface area contributed by atoms with Gasteiger partial charge in [0, 0.05) is 6.54 Å². The molecule has 0 bridgehead atoms. The molecule has 0 aliphatic carbocycles. The maximum absolute atomic E-state index is 11.0. The van der Waals surface area contributed by atoms with Crippen LogP contribution in [0.4, 0.5) is 0 Å². The molecule has 0 unspecified atom stereocenters. The summed E-state index contributed by atoms with van der Waals surface area (Å²) in [4.78, 5) is 15.6. The Morgan fingerprint density at radius 3 is 2.21 bits per heavy atom. The Morgan fingerprint density at radius 1 is 0.917 bits per heavy atom. The summed E-state index contributed by atoms with van der Waals surface area (Å²) in [6.07, 6.45) is 8.11. The smallest absolute Gasteiger partial charge is 0.265 e. The van der Waals surface area contributed by atoms with Gasteiger partial charge in [-0.25, -0.2) is 0 Å². The third-order valence-electron chi connectivity index (χ3n) is 3.79. The van der Waals surface area contributed by atoms with Crippen LogP contribution in [-0.2, 0) is 4.79 Å². The number of nitrogens with zero attached hydrogens (tertiary/aromatic N) is 3. The summed E-state index contributed by atoms with van der Waals surface area (Å²) in [5.74, 6) is -0.360. The van der Waals surface area contributed by atoms with E-state index in [2.05, 4.69) is 46.7 Å². The van der Waals surface area contributed by atoms with E-state index in [0.717, 1.165) is 38.7 Å². The van der Waals surface area contributed by atoms with Crippen LogP contribution in [0.3, 0.4) is 0 Å². The van der Waals surface area contributed by atoms with Gasteiger partial charge in [-0.05, 0) is 79.6 Å². The fourth-order valence-corrected chi connectivity index (χ4v) is 2.40. The average Bonchev–Trinajstić information content (AvgIpc) is 2.53. The quantitative estimate of drug-likeness (QED) is 0.169. The van der Waals surface area contributed by atoms with Crippen LogP contribution in [0.2, 0.25) is 0 Å². The number of carbonyl (C=O) groups excluding carboxylic acids is 1. The highest BCUT2D eigenvalue weighted by Gasteiger charge is 1.99. The van der Waals surface area contributed by atoms with Crippen molar-refractivity contribution in [1.29, 1.82) is 0 Å². The number of hydrogen-bond donors (Lipinski definition) is 3. The number of carbonyl (C=O) groups is 1. The van der Waals surface area contributed by atoms with Crippen LogP contribution >= 0.6 is 0 Å². The van der Waals surface area contributed by atoms with E-state index >= 15 is 0 Å². The normalized spacial score (nSPS) is 11.7. The van der Waals surface area contributed by atoms with Crippen molar-refractivity contribution in [3.63, 3.8) is 0 Å². The number of hydrogen-bond acceptors (Lipinski definition) is 6. The number of rotatable bonds is 16.